The Morgan fingerprint density at radius 1 is 1.00 bits per heavy atom. The quantitative estimate of drug-likeness (QED) is 0.539. The predicted octanol–water partition coefficient (Wildman–Crippen LogP) is 3.08. The summed E-state index contributed by atoms with van der Waals surface area (Å²) in [5, 5.41) is 3.03. The van der Waals surface area contributed by atoms with Crippen molar-refractivity contribution in [2.45, 2.75) is 53.4 Å². The van der Waals surface area contributed by atoms with E-state index in [-0.39, 0.29) is 11.8 Å². The van der Waals surface area contributed by atoms with Gasteiger partial charge in [0, 0.05) is 38.6 Å². The lowest BCUT2D eigenvalue weighted by atomic mass is 9.94. The molecule has 0 radical (unpaired) electrons. The van der Waals surface area contributed by atoms with Crippen molar-refractivity contribution in [3.8, 4) is 11.5 Å². The molecule has 1 amide bonds. The van der Waals surface area contributed by atoms with E-state index < -0.39 is 10.2 Å². The molecule has 0 unspecified atom stereocenters. The molecule has 0 bridgehead atoms. The summed E-state index contributed by atoms with van der Waals surface area (Å²) in [6, 6.07) is 5.86. The zero-order chi connectivity index (χ0) is 24.7. The van der Waals surface area contributed by atoms with Crippen molar-refractivity contribution >= 4 is 16.1 Å². The van der Waals surface area contributed by atoms with Gasteiger partial charge in [0.15, 0.2) is 11.5 Å². The molecule has 2 fully saturated rings. The van der Waals surface area contributed by atoms with Gasteiger partial charge in [0.1, 0.15) is 0 Å². The van der Waals surface area contributed by atoms with E-state index in [0.29, 0.717) is 77.0 Å². The van der Waals surface area contributed by atoms with Crippen LogP contribution in [-0.4, -0.2) is 68.9 Å². The van der Waals surface area contributed by atoms with E-state index in [1.54, 1.807) is 8.61 Å². The van der Waals surface area contributed by atoms with Crippen LogP contribution >= 0.6 is 0 Å². The van der Waals surface area contributed by atoms with Crippen LogP contribution in [0.3, 0.4) is 0 Å². The summed E-state index contributed by atoms with van der Waals surface area (Å²) >= 11 is 0. The third-order valence-electron chi connectivity index (χ3n) is 6.63. The van der Waals surface area contributed by atoms with Crippen LogP contribution in [0, 0.1) is 17.8 Å². The maximum atomic E-state index is 13.1. The first kappa shape index (κ1) is 26.8. The van der Waals surface area contributed by atoms with E-state index in [4.69, 9.17) is 9.47 Å². The molecular weight excluding hydrogens is 454 g/mol. The van der Waals surface area contributed by atoms with Gasteiger partial charge in [-0.1, -0.05) is 19.9 Å². The maximum Gasteiger partial charge on any atom is 0.281 e. The highest BCUT2D eigenvalue weighted by Crippen LogP contribution is 2.29. The van der Waals surface area contributed by atoms with Crippen molar-refractivity contribution in [2.24, 2.45) is 17.8 Å². The molecule has 2 aliphatic heterocycles. The normalized spacial score (nSPS) is 22.9. The maximum absolute atomic E-state index is 13.1. The molecule has 2 heterocycles. The molecule has 2 aliphatic rings. The molecule has 34 heavy (non-hydrogen) atoms. The number of carbonyl (C=O) groups excluding carboxylic acids is 1. The van der Waals surface area contributed by atoms with E-state index in [9.17, 15) is 13.2 Å². The van der Waals surface area contributed by atoms with E-state index in [1.165, 1.54) is 0 Å². The van der Waals surface area contributed by atoms with Gasteiger partial charge in [-0.15, -0.1) is 0 Å². The largest absolute Gasteiger partial charge is 0.490 e. The first-order valence-electron chi connectivity index (χ1n) is 12.7. The Morgan fingerprint density at radius 3 is 2.24 bits per heavy atom. The summed E-state index contributed by atoms with van der Waals surface area (Å²) in [6.45, 7) is 11.7. The predicted molar refractivity (Wildman–Crippen MR) is 133 cm³/mol. The third kappa shape index (κ3) is 6.86. The number of nitrogens with zero attached hydrogens (tertiary/aromatic N) is 2. The van der Waals surface area contributed by atoms with Crippen molar-refractivity contribution in [2.75, 3.05) is 45.9 Å². The van der Waals surface area contributed by atoms with Crippen LogP contribution in [0.4, 0.5) is 0 Å². The Labute approximate surface area is 205 Å². The molecule has 0 spiro atoms. The van der Waals surface area contributed by atoms with Gasteiger partial charge in [-0.3, -0.25) is 4.79 Å². The number of rotatable bonds is 10. The smallest absolute Gasteiger partial charge is 0.281 e. The van der Waals surface area contributed by atoms with Crippen LogP contribution in [0.2, 0.25) is 0 Å². The zero-order valence-electron chi connectivity index (χ0n) is 21.1. The van der Waals surface area contributed by atoms with Gasteiger partial charge in [0.05, 0.1) is 13.2 Å². The first-order chi connectivity index (χ1) is 16.2. The molecular formula is C25H41N3O5S. The number of hydrogen-bond donors (Lipinski definition) is 1. The highest BCUT2D eigenvalue weighted by molar-refractivity contribution is 7.86. The van der Waals surface area contributed by atoms with Gasteiger partial charge in [0.25, 0.3) is 10.2 Å². The summed E-state index contributed by atoms with van der Waals surface area (Å²) in [5.74, 6) is 2.06. The molecule has 1 aromatic rings. The average Bonchev–Trinajstić information content (AvgIpc) is 2.80. The van der Waals surface area contributed by atoms with Gasteiger partial charge in [-0.05, 0) is 69.1 Å². The van der Waals surface area contributed by atoms with Crippen LogP contribution in [-0.2, 0) is 21.4 Å². The summed E-state index contributed by atoms with van der Waals surface area (Å²) in [5.41, 5.74) is 1.07. The molecule has 3 rings (SSSR count). The molecule has 9 heteroatoms. The Kier molecular flexibility index (Phi) is 9.62. The van der Waals surface area contributed by atoms with E-state index in [1.807, 2.05) is 32.0 Å². The number of hydrogen-bond acceptors (Lipinski definition) is 5. The fourth-order valence-corrected chi connectivity index (χ4v) is 6.92. The fourth-order valence-electron chi connectivity index (χ4n) is 5.03. The molecule has 1 N–H and O–H groups in total. The minimum Gasteiger partial charge on any atom is -0.490 e. The second-order valence-corrected chi connectivity index (χ2v) is 11.6. The minimum atomic E-state index is -3.46. The van der Waals surface area contributed by atoms with Crippen molar-refractivity contribution in [1.29, 1.82) is 0 Å². The lowest BCUT2D eigenvalue weighted by molar-refractivity contribution is -0.126. The first-order valence-corrected chi connectivity index (χ1v) is 14.1. The van der Waals surface area contributed by atoms with Crippen molar-refractivity contribution < 1.29 is 22.7 Å². The standard InChI is InChI=1S/C25H41N3O5S/c1-5-32-23-8-7-21(16-24(23)33-6-2)9-12-26-25(29)22-10-13-27(14-11-22)34(30,31)28-17-19(3)15-20(4)18-28/h7-8,16,19-20,22H,5-6,9-15,17-18H2,1-4H3,(H,26,29)/t19-,20-/m0/s1. The summed E-state index contributed by atoms with van der Waals surface area (Å²) < 4.78 is 40.7. The number of piperidine rings is 2. The van der Waals surface area contributed by atoms with Crippen LogP contribution in [0.5, 0.6) is 11.5 Å². The van der Waals surface area contributed by atoms with Gasteiger partial charge < -0.3 is 14.8 Å². The van der Waals surface area contributed by atoms with E-state index in [2.05, 4.69) is 19.2 Å². The number of amides is 1. The Balaban J connectivity index is 1.46. The van der Waals surface area contributed by atoms with Crippen molar-refractivity contribution in [3.05, 3.63) is 23.8 Å². The van der Waals surface area contributed by atoms with Gasteiger partial charge >= 0.3 is 0 Å². The molecule has 1 aromatic carbocycles. The topological polar surface area (TPSA) is 88.2 Å². The summed E-state index contributed by atoms with van der Waals surface area (Å²) in [7, 11) is -3.46. The zero-order valence-corrected chi connectivity index (χ0v) is 21.9. The molecule has 192 valence electrons. The highest BCUT2D eigenvalue weighted by atomic mass is 32.2. The Hall–Kier alpha value is -1.84. The van der Waals surface area contributed by atoms with E-state index in [0.717, 1.165) is 23.5 Å². The van der Waals surface area contributed by atoms with Crippen LogP contribution < -0.4 is 14.8 Å². The lowest BCUT2D eigenvalue weighted by Gasteiger charge is -2.39. The number of ether oxygens (including phenoxy) is 2. The molecule has 0 aromatic heterocycles. The Morgan fingerprint density at radius 2 is 1.62 bits per heavy atom. The average molecular weight is 496 g/mol. The van der Waals surface area contributed by atoms with Gasteiger partial charge in [0.2, 0.25) is 5.91 Å². The monoisotopic (exact) mass is 495 g/mol. The lowest BCUT2D eigenvalue weighted by Crippen LogP contribution is -2.52. The number of nitrogens with one attached hydrogen (secondary N) is 1. The minimum absolute atomic E-state index is 0.00762. The Bertz CT molecular complexity index is 905. The third-order valence-corrected chi connectivity index (χ3v) is 8.60. The van der Waals surface area contributed by atoms with E-state index >= 15 is 0 Å². The van der Waals surface area contributed by atoms with Crippen molar-refractivity contribution in [3.63, 3.8) is 0 Å². The number of benzene rings is 1. The van der Waals surface area contributed by atoms with Crippen molar-refractivity contribution in [1.82, 2.24) is 13.9 Å². The SMILES string of the molecule is CCOc1ccc(CCNC(=O)C2CCN(S(=O)(=O)N3C[C@@H](C)C[C@H](C)C3)CC2)cc1OCC. The van der Waals surface area contributed by atoms with Crippen LogP contribution in [0.1, 0.15) is 52.5 Å². The highest BCUT2D eigenvalue weighted by Gasteiger charge is 2.37. The molecule has 8 nitrogen and oxygen atoms in total. The summed E-state index contributed by atoms with van der Waals surface area (Å²) in [6.07, 6.45) is 2.87. The van der Waals surface area contributed by atoms with Crippen LogP contribution in [0.15, 0.2) is 18.2 Å². The summed E-state index contributed by atoms with van der Waals surface area (Å²) in [4.78, 5) is 12.7. The van der Waals surface area contributed by atoms with Gasteiger partial charge in [-0.25, -0.2) is 0 Å². The molecule has 2 atom stereocenters. The fraction of sp³-hybridized carbons (Fsp3) is 0.720. The molecule has 0 saturated carbocycles. The van der Waals surface area contributed by atoms with Crippen LogP contribution in [0.25, 0.3) is 0 Å². The second-order valence-electron chi connectivity index (χ2n) is 9.63. The number of carbonyl (C=O) groups is 1. The second kappa shape index (κ2) is 12.2. The molecule has 2 saturated heterocycles. The van der Waals surface area contributed by atoms with Gasteiger partial charge in [-0.2, -0.15) is 17.0 Å². The molecule has 0 aliphatic carbocycles.